The molecular weight excluding hydrogens is 298 g/mol. The minimum atomic E-state index is -0.201. The van der Waals surface area contributed by atoms with Gasteiger partial charge in [0.05, 0.1) is 24.1 Å². The average molecular weight is 317 g/mol. The number of aromatic nitrogens is 2. The van der Waals surface area contributed by atoms with Crippen LogP contribution in [-0.4, -0.2) is 49.1 Å². The third-order valence-corrected chi connectivity index (χ3v) is 3.51. The molecular formula is C16H19N3O4. The van der Waals surface area contributed by atoms with E-state index in [1.807, 2.05) is 25.1 Å². The lowest BCUT2D eigenvalue weighted by molar-refractivity contribution is 0.0906. The van der Waals surface area contributed by atoms with E-state index in [0.29, 0.717) is 42.6 Å². The van der Waals surface area contributed by atoms with E-state index in [0.717, 1.165) is 5.56 Å². The molecule has 1 amide bonds. The van der Waals surface area contributed by atoms with Crippen LogP contribution in [0.4, 0.5) is 0 Å². The van der Waals surface area contributed by atoms with Crippen LogP contribution < -0.4 is 14.8 Å². The number of H-pyrrole nitrogens is 1. The van der Waals surface area contributed by atoms with Gasteiger partial charge in [-0.2, -0.15) is 5.10 Å². The summed E-state index contributed by atoms with van der Waals surface area (Å²) in [7, 11) is 1.60. The molecule has 1 aliphatic rings. The fraction of sp³-hybridized carbons (Fsp3) is 0.375. The van der Waals surface area contributed by atoms with E-state index in [9.17, 15) is 4.79 Å². The molecule has 122 valence electrons. The van der Waals surface area contributed by atoms with Gasteiger partial charge >= 0.3 is 0 Å². The smallest absolute Gasteiger partial charge is 0.255 e. The predicted molar refractivity (Wildman–Crippen MR) is 83.8 cm³/mol. The second-order valence-corrected chi connectivity index (χ2v) is 5.35. The second-order valence-electron chi connectivity index (χ2n) is 5.35. The van der Waals surface area contributed by atoms with Gasteiger partial charge in [-0.3, -0.25) is 9.89 Å². The molecule has 0 spiro atoms. The van der Waals surface area contributed by atoms with Crippen molar-refractivity contribution in [2.24, 2.45) is 0 Å². The molecule has 7 nitrogen and oxygen atoms in total. The van der Waals surface area contributed by atoms with Gasteiger partial charge < -0.3 is 19.5 Å². The van der Waals surface area contributed by atoms with Crippen molar-refractivity contribution >= 4 is 5.91 Å². The van der Waals surface area contributed by atoms with E-state index in [4.69, 9.17) is 14.2 Å². The predicted octanol–water partition coefficient (Wildman–Crippen LogP) is 1.61. The van der Waals surface area contributed by atoms with Crippen LogP contribution in [0.2, 0.25) is 0 Å². The third kappa shape index (κ3) is 3.29. The molecule has 1 unspecified atom stereocenters. The van der Waals surface area contributed by atoms with Crippen molar-refractivity contribution in [1.82, 2.24) is 15.5 Å². The van der Waals surface area contributed by atoms with Gasteiger partial charge in [0.1, 0.15) is 13.2 Å². The van der Waals surface area contributed by atoms with E-state index in [1.54, 1.807) is 7.11 Å². The first-order valence-electron chi connectivity index (χ1n) is 7.42. The van der Waals surface area contributed by atoms with Gasteiger partial charge in [0.25, 0.3) is 5.91 Å². The Hall–Kier alpha value is -2.54. The number of amides is 1. The summed E-state index contributed by atoms with van der Waals surface area (Å²) in [6.07, 6.45) is 1.51. The number of fused-ring (bicyclic) bond motifs is 1. The number of hydrogen-bond acceptors (Lipinski definition) is 5. The first-order chi connectivity index (χ1) is 11.2. The van der Waals surface area contributed by atoms with Crippen LogP contribution in [0.15, 0.2) is 24.4 Å². The fourth-order valence-electron chi connectivity index (χ4n) is 2.47. The molecule has 0 radical (unpaired) electrons. The summed E-state index contributed by atoms with van der Waals surface area (Å²) in [6.45, 7) is 3.39. The van der Waals surface area contributed by atoms with Gasteiger partial charge in [0, 0.05) is 18.7 Å². The van der Waals surface area contributed by atoms with Crippen molar-refractivity contribution in [2.45, 2.75) is 13.0 Å². The Morgan fingerprint density at radius 1 is 1.39 bits per heavy atom. The number of carbonyl (C=O) groups excluding carboxylic acids is 1. The molecule has 0 aliphatic carbocycles. The van der Waals surface area contributed by atoms with E-state index in [1.165, 1.54) is 6.20 Å². The summed E-state index contributed by atoms with van der Waals surface area (Å²) in [4.78, 5) is 12.4. The lowest BCUT2D eigenvalue weighted by Crippen LogP contribution is -2.35. The molecule has 1 aromatic heterocycles. The number of hydrogen-bond donors (Lipinski definition) is 2. The number of ether oxygens (including phenoxy) is 3. The third-order valence-electron chi connectivity index (χ3n) is 3.51. The quantitative estimate of drug-likeness (QED) is 0.875. The van der Waals surface area contributed by atoms with Crippen LogP contribution in [0.3, 0.4) is 0 Å². The molecule has 2 aromatic rings. The molecule has 1 aromatic carbocycles. The summed E-state index contributed by atoms with van der Waals surface area (Å²) in [5.41, 5.74) is 1.94. The first-order valence-corrected chi connectivity index (χ1v) is 7.42. The molecule has 2 N–H and O–H groups in total. The monoisotopic (exact) mass is 317 g/mol. The number of nitrogens with zero attached hydrogens (tertiary/aromatic N) is 1. The van der Waals surface area contributed by atoms with E-state index in [-0.39, 0.29) is 11.9 Å². The second kappa shape index (κ2) is 6.70. The Morgan fingerprint density at radius 3 is 2.96 bits per heavy atom. The maximum Gasteiger partial charge on any atom is 0.255 e. The molecule has 0 bridgehead atoms. The van der Waals surface area contributed by atoms with Crippen molar-refractivity contribution in [3.05, 3.63) is 30.0 Å². The molecule has 1 atom stereocenters. The molecule has 2 heterocycles. The summed E-state index contributed by atoms with van der Waals surface area (Å²) < 4.78 is 16.1. The van der Waals surface area contributed by atoms with Gasteiger partial charge in [0.15, 0.2) is 11.5 Å². The molecule has 3 rings (SSSR count). The number of carbonyl (C=O) groups is 1. The average Bonchev–Trinajstić information content (AvgIpc) is 3.04. The fourth-order valence-corrected chi connectivity index (χ4v) is 2.47. The highest BCUT2D eigenvalue weighted by molar-refractivity contribution is 6.00. The summed E-state index contributed by atoms with van der Waals surface area (Å²) in [5.74, 6) is 1.18. The minimum absolute atomic E-state index is 0.0875. The zero-order valence-corrected chi connectivity index (χ0v) is 13.1. The Bertz CT molecular complexity index is 698. The zero-order valence-electron chi connectivity index (χ0n) is 13.1. The van der Waals surface area contributed by atoms with Crippen molar-refractivity contribution < 1.29 is 19.0 Å². The standard InChI is InChI=1S/C16H19N3O4/c1-10(9-21-2)18-16(20)12-8-17-19-15(12)11-3-4-13-14(7-11)23-6-5-22-13/h3-4,7-8,10H,5-6,9H2,1-2H3,(H,17,19)(H,18,20). The van der Waals surface area contributed by atoms with Crippen molar-refractivity contribution in [3.8, 4) is 22.8 Å². The summed E-state index contributed by atoms with van der Waals surface area (Å²) in [6, 6.07) is 5.46. The summed E-state index contributed by atoms with van der Waals surface area (Å²) in [5, 5.41) is 9.75. The maximum absolute atomic E-state index is 12.4. The molecule has 23 heavy (non-hydrogen) atoms. The van der Waals surface area contributed by atoms with Gasteiger partial charge in [-0.25, -0.2) is 0 Å². The number of rotatable bonds is 5. The van der Waals surface area contributed by atoms with Gasteiger partial charge in [-0.15, -0.1) is 0 Å². The zero-order chi connectivity index (χ0) is 16.2. The summed E-state index contributed by atoms with van der Waals surface area (Å²) >= 11 is 0. The Labute approximate surface area is 133 Å². The van der Waals surface area contributed by atoms with Crippen LogP contribution in [0, 0.1) is 0 Å². The van der Waals surface area contributed by atoms with Crippen LogP contribution >= 0.6 is 0 Å². The Morgan fingerprint density at radius 2 is 2.17 bits per heavy atom. The van der Waals surface area contributed by atoms with E-state index < -0.39 is 0 Å². The normalized spacial score (nSPS) is 14.3. The highest BCUT2D eigenvalue weighted by Gasteiger charge is 2.19. The van der Waals surface area contributed by atoms with Gasteiger partial charge in [-0.05, 0) is 25.1 Å². The van der Waals surface area contributed by atoms with Crippen molar-refractivity contribution in [2.75, 3.05) is 26.9 Å². The maximum atomic E-state index is 12.4. The van der Waals surface area contributed by atoms with Crippen molar-refractivity contribution in [1.29, 1.82) is 0 Å². The Kier molecular flexibility index (Phi) is 4.47. The van der Waals surface area contributed by atoms with Crippen LogP contribution in [0.25, 0.3) is 11.3 Å². The highest BCUT2D eigenvalue weighted by atomic mass is 16.6. The minimum Gasteiger partial charge on any atom is -0.486 e. The number of methoxy groups -OCH3 is 1. The van der Waals surface area contributed by atoms with E-state index >= 15 is 0 Å². The van der Waals surface area contributed by atoms with Gasteiger partial charge in [-0.1, -0.05) is 0 Å². The van der Waals surface area contributed by atoms with Crippen molar-refractivity contribution in [3.63, 3.8) is 0 Å². The number of benzene rings is 1. The largest absolute Gasteiger partial charge is 0.486 e. The highest BCUT2D eigenvalue weighted by Crippen LogP contribution is 2.34. The molecule has 1 aliphatic heterocycles. The van der Waals surface area contributed by atoms with Crippen LogP contribution in [0.1, 0.15) is 17.3 Å². The molecule has 7 heteroatoms. The molecule has 0 saturated heterocycles. The van der Waals surface area contributed by atoms with E-state index in [2.05, 4.69) is 15.5 Å². The topological polar surface area (TPSA) is 85.5 Å². The lowest BCUT2D eigenvalue weighted by atomic mass is 10.1. The van der Waals surface area contributed by atoms with Gasteiger partial charge in [0.2, 0.25) is 0 Å². The Balaban J connectivity index is 1.84. The van der Waals surface area contributed by atoms with Crippen LogP contribution in [0.5, 0.6) is 11.5 Å². The lowest BCUT2D eigenvalue weighted by Gasteiger charge is -2.19. The molecule has 0 fully saturated rings. The van der Waals surface area contributed by atoms with Crippen LogP contribution in [-0.2, 0) is 4.74 Å². The number of nitrogens with one attached hydrogen (secondary N) is 2. The first kappa shape index (κ1) is 15.4. The number of aromatic amines is 1. The molecule has 0 saturated carbocycles. The SMILES string of the molecule is COCC(C)NC(=O)c1cn[nH]c1-c1ccc2c(c1)OCCO2.